The molecule has 0 unspecified atom stereocenters. The number of amides is 1. The zero-order chi connectivity index (χ0) is 16.9. The van der Waals surface area contributed by atoms with Gasteiger partial charge in [0.1, 0.15) is 12.3 Å². The lowest BCUT2D eigenvalue weighted by Gasteiger charge is -2.06. The van der Waals surface area contributed by atoms with Gasteiger partial charge in [-0.3, -0.25) is 9.20 Å². The first-order chi connectivity index (χ1) is 11.7. The fourth-order valence-corrected chi connectivity index (χ4v) is 2.40. The maximum Gasteiger partial charge on any atom is 0.350 e. The Hall–Kier alpha value is -3.09. The van der Waals surface area contributed by atoms with E-state index in [1.54, 1.807) is 31.5 Å². The highest BCUT2D eigenvalue weighted by Crippen LogP contribution is 2.11. The van der Waals surface area contributed by atoms with Gasteiger partial charge in [-0.05, 0) is 36.2 Å². The van der Waals surface area contributed by atoms with E-state index in [-0.39, 0.29) is 18.1 Å². The number of nitrogens with zero attached hydrogens (tertiary/aromatic N) is 3. The normalized spacial score (nSPS) is 10.7. The summed E-state index contributed by atoms with van der Waals surface area (Å²) in [5, 5.41) is 6.93. The van der Waals surface area contributed by atoms with Crippen molar-refractivity contribution in [3.8, 4) is 5.75 Å². The number of benzene rings is 1. The Morgan fingerprint density at radius 2 is 2.00 bits per heavy atom. The van der Waals surface area contributed by atoms with Gasteiger partial charge in [-0.2, -0.15) is 0 Å². The number of pyridine rings is 1. The maximum atomic E-state index is 12.1. The van der Waals surface area contributed by atoms with Crippen LogP contribution in [0, 0.1) is 0 Å². The van der Waals surface area contributed by atoms with Gasteiger partial charge >= 0.3 is 5.69 Å². The van der Waals surface area contributed by atoms with E-state index in [1.165, 1.54) is 4.40 Å². The molecule has 0 aliphatic rings. The molecule has 0 aliphatic carbocycles. The minimum absolute atomic E-state index is 0.0941. The van der Waals surface area contributed by atoms with Crippen LogP contribution in [-0.4, -0.2) is 33.7 Å². The number of rotatable bonds is 6. The van der Waals surface area contributed by atoms with Gasteiger partial charge in [-0.25, -0.2) is 9.48 Å². The third-order valence-electron chi connectivity index (χ3n) is 3.68. The Kier molecular flexibility index (Phi) is 4.60. The van der Waals surface area contributed by atoms with Crippen molar-refractivity contribution in [3.05, 3.63) is 64.7 Å². The molecule has 3 aromatic rings. The molecule has 2 heterocycles. The molecule has 0 radical (unpaired) electrons. The monoisotopic (exact) mass is 326 g/mol. The number of carbonyl (C=O) groups excluding carboxylic acids is 1. The predicted molar refractivity (Wildman–Crippen MR) is 89.2 cm³/mol. The third kappa shape index (κ3) is 3.45. The van der Waals surface area contributed by atoms with Gasteiger partial charge in [-0.15, -0.1) is 5.10 Å². The standard InChI is InChI=1S/C17H18N4O3/c1-24-14-7-5-13(6-8-14)9-10-18-16(22)12-21-17(23)20-11-3-2-4-15(20)19-21/h2-8,11H,9-10,12H2,1H3,(H,18,22). The molecule has 0 saturated heterocycles. The van der Waals surface area contributed by atoms with Crippen LogP contribution in [0.1, 0.15) is 5.56 Å². The fraction of sp³-hybridized carbons (Fsp3) is 0.235. The number of carbonyl (C=O) groups is 1. The molecule has 0 aliphatic heterocycles. The summed E-state index contributed by atoms with van der Waals surface area (Å²) in [5.74, 6) is 0.558. The molecule has 1 amide bonds. The van der Waals surface area contributed by atoms with Gasteiger partial charge in [0, 0.05) is 12.7 Å². The zero-order valence-corrected chi connectivity index (χ0v) is 13.3. The fourth-order valence-electron chi connectivity index (χ4n) is 2.40. The first-order valence-electron chi connectivity index (χ1n) is 7.61. The minimum atomic E-state index is -0.323. The van der Waals surface area contributed by atoms with Crippen LogP contribution in [0.4, 0.5) is 0 Å². The van der Waals surface area contributed by atoms with Crippen molar-refractivity contribution in [2.75, 3.05) is 13.7 Å². The molecule has 0 bridgehead atoms. The highest BCUT2D eigenvalue weighted by Gasteiger charge is 2.09. The number of ether oxygens (including phenoxy) is 1. The Morgan fingerprint density at radius 3 is 2.71 bits per heavy atom. The summed E-state index contributed by atoms with van der Waals surface area (Å²) in [6, 6.07) is 12.9. The average Bonchev–Trinajstić information content (AvgIpc) is 2.92. The Labute approximate surface area is 138 Å². The van der Waals surface area contributed by atoms with Crippen molar-refractivity contribution in [1.29, 1.82) is 0 Å². The Balaban J connectivity index is 1.55. The van der Waals surface area contributed by atoms with E-state index < -0.39 is 0 Å². The maximum absolute atomic E-state index is 12.1. The molecular weight excluding hydrogens is 308 g/mol. The van der Waals surface area contributed by atoms with E-state index in [0.29, 0.717) is 18.6 Å². The molecule has 1 N–H and O–H groups in total. The molecule has 0 saturated carbocycles. The average molecular weight is 326 g/mol. The van der Waals surface area contributed by atoms with Crippen molar-refractivity contribution in [3.63, 3.8) is 0 Å². The number of fused-ring (bicyclic) bond motifs is 1. The lowest BCUT2D eigenvalue weighted by Crippen LogP contribution is -2.33. The summed E-state index contributed by atoms with van der Waals surface area (Å²) >= 11 is 0. The highest BCUT2D eigenvalue weighted by molar-refractivity contribution is 5.75. The first-order valence-corrected chi connectivity index (χ1v) is 7.61. The van der Waals surface area contributed by atoms with Gasteiger partial charge in [0.25, 0.3) is 0 Å². The molecular formula is C17H18N4O3. The van der Waals surface area contributed by atoms with E-state index in [2.05, 4.69) is 10.4 Å². The summed E-state index contributed by atoms with van der Waals surface area (Å²) in [6.07, 6.45) is 2.33. The molecule has 2 aromatic heterocycles. The van der Waals surface area contributed by atoms with Crippen molar-refractivity contribution >= 4 is 11.6 Å². The van der Waals surface area contributed by atoms with Gasteiger partial charge in [-0.1, -0.05) is 18.2 Å². The summed E-state index contributed by atoms with van der Waals surface area (Å²) in [6.45, 7) is 0.399. The molecule has 0 spiro atoms. The smallest absolute Gasteiger partial charge is 0.350 e. The molecule has 3 rings (SSSR count). The highest BCUT2D eigenvalue weighted by atomic mass is 16.5. The van der Waals surface area contributed by atoms with Crippen molar-refractivity contribution in [1.82, 2.24) is 19.5 Å². The number of aromatic nitrogens is 3. The second kappa shape index (κ2) is 6.99. The molecule has 124 valence electrons. The van der Waals surface area contributed by atoms with Gasteiger partial charge in [0.15, 0.2) is 5.65 Å². The first kappa shape index (κ1) is 15.8. The molecule has 7 heteroatoms. The topological polar surface area (TPSA) is 77.6 Å². The van der Waals surface area contributed by atoms with E-state index in [9.17, 15) is 9.59 Å². The van der Waals surface area contributed by atoms with E-state index in [1.807, 2.05) is 24.3 Å². The quantitative estimate of drug-likeness (QED) is 0.729. The second-order valence-corrected chi connectivity index (χ2v) is 5.32. The minimum Gasteiger partial charge on any atom is -0.497 e. The molecule has 7 nitrogen and oxygen atoms in total. The van der Waals surface area contributed by atoms with Crippen LogP contribution in [0.2, 0.25) is 0 Å². The van der Waals surface area contributed by atoms with E-state index in [0.717, 1.165) is 16.0 Å². The number of hydrogen-bond acceptors (Lipinski definition) is 4. The Bertz CT molecular complexity index is 896. The molecule has 0 fully saturated rings. The van der Waals surface area contributed by atoms with Crippen molar-refractivity contribution < 1.29 is 9.53 Å². The third-order valence-corrected chi connectivity index (χ3v) is 3.68. The van der Waals surface area contributed by atoms with Gasteiger partial charge in [0.05, 0.1) is 7.11 Å². The van der Waals surface area contributed by atoms with Crippen LogP contribution in [0.15, 0.2) is 53.5 Å². The number of methoxy groups -OCH3 is 1. The van der Waals surface area contributed by atoms with Gasteiger partial charge in [0.2, 0.25) is 5.91 Å². The van der Waals surface area contributed by atoms with Crippen molar-refractivity contribution in [2.45, 2.75) is 13.0 Å². The van der Waals surface area contributed by atoms with Crippen LogP contribution < -0.4 is 15.7 Å². The summed E-state index contributed by atoms with van der Waals surface area (Å²) in [7, 11) is 1.62. The molecule has 0 atom stereocenters. The lowest BCUT2D eigenvalue weighted by atomic mass is 10.1. The zero-order valence-electron chi connectivity index (χ0n) is 13.3. The summed E-state index contributed by atoms with van der Waals surface area (Å²) < 4.78 is 7.68. The van der Waals surface area contributed by atoms with Crippen LogP contribution in [-0.2, 0) is 17.8 Å². The Morgan fingerprint density at radius 1 is 1.21 bits per heavy atom. The number of nitrogens with one attached hydrogen (secondary N) is 1. The van der Waals surface area contributed by atoms with Crippen molar-refractivity contribution in [2.24, 2.45) is 0 Å². The van der Waals surface area contributed by atoms with E-state index >= 15 is 0 Å². The van der Waals surface area contributed by atoms with Crippen LogP contribution in [0.5, 0.6) is 5.75 Å². The van der Waals surface area contributed by atoms with Crippen LogP contribution in [0.3, 0.4) is 0 Å². The lowest BCUT2D eigenvalue weighted by molar-refractivity contribution is -0.121. The van der Waals surface area contributed by atoms with Crippen LogP contribution >= 0.6 is 0 Å². The number of hydrogen-bond donors (Lipinski definition) is 1. The van der Waals surface area contributed by atoms with E-state index in [4.69, 9.17) is 4.74 Å². The molecule has 24 heavy (non-hydrogen) atoms. The summed E-state index contributed by atoms with van der Waals surface area (Å²) in [4.78, 5) is 24.1. The largest absolute Gasteiger partial charge is 0.497 e. The predicted octanol–water partition coefficient (Wildman–Crippen LogP) is 0.863. The SMILES string of the molecule is COc1ccc(CCNC(=O)Cn2nc3ccccn3c2=O)cc1. The van der Waals surface area contributed by atoms with Gasteiger partial charge < -0.3 is 10.1 Å². The van der Waals surface area contributed by atoms with Crippen LogP contribution in [0.25, 0.3) is 5.65 Å². The molecule has 1 aromatic carbocycles. The summed E-state index contributed by atoms with van der Waals surface area (Å²) in [5.41, 5.74) is 1.30. The second-order valence-electron chi connectivity index (χ2n) is 5.32.